The Morgan fingerprint density at radius 3 is 2.79 bits per heavy atom. The molecule has 19 heavy (non-hydrogen) atoms. The molecule has 3 rings (SSSR count). The lowest BCUT2D eigenvalue weighted by atomic mass is 10.1. The monoisotopic (exact) mass is 287 g/mol. The van der Waals surface area contributed by atoms with Crippen molar-refractivity contribution in [2.24, 2.45) is 0 Å². The van der Waals surface area contributed by atoms with Gasteiger partial charge in [-0.1, -0.05) is 35.9 Å². The van der Waals surface area contributed by atoms with Crippen LogP contribution in [0.5, 0.6) is 0 Å². The van der Waals surface area contributed by atoms with Crippen LogP contribution in [-0.4, -0.2) is 10.8 Å². The van der Waals surface area contributed by atoms with Gasteiger partial charge in [0.15, 0.2) is 10.8 Å². The fraction of sp³-hybridized carbons (Fsp3) is 0.0667. The highest BCUT2D eigenvalue weighted by Gasteiger charge is 2.12. The molecule has 94 valence electrons. The van der Waals surface area contributed by atoms with Crippen molar-refractivity contribution < 1.29 is 4.79 Å². The maximum atomic E-state index is 12.2. The van der Waals surface area contributed by atoms with Crippen molar-refractivity contribution in [2.75, 3.05) is 0 Å². The first-order chi connectivity index (χ1) is 9.22. The summed E-state index contributed by atoms with van der Waals surface area (Å²) in [5, 5.41) is 1.20. The minimum atomic E-state index is 0.0310. The summed E-state index contributed by atoms with van der Waals surface area (Å²) in [7, 11) is 0. The van der Waals surface area contributed by atoms with Gasteiger partial charge >= 0.3 is 0 Å². The lowest BCUT2D eigenvalue weighted by Crippen LogP contribution is -2.02. The second-order valence-electron chi connectivity index (χ2n) is 4.22. The molecule has 0 N–H and O–H groups in total. The minimum absolute atomic E-state index is 0.0310. The molecule has 0 fully saturated rings. The van der Waals surface area contributed by atoms with E-state index >= 15 is 0 Å². The van der Waals surface area contributed by atoms with Crippen LogP contribution in [0.15, 0.2) is 48.5 Å². The summed E-state index contributed by atoms with van der Waals surface area (Å²) in [6, 6.07) is 15.1. The number of carbonyl (C=O) groups is 1. The van der Waals surface area contributed by atoms with Crippen molar-refractivity contribution in [3.63, 3.8) is 0 Å². The fourth-order valence-corrected chi connectivity index (χ4v) is 3.02. The maximum Gasteiger partial charge on any atom is 0.195 e. The average Bonchev–Trinajstić information content (AvgIpc) is 2.82. The van der Waals surface area contributed by atoms with Crippen molar-refractivity contribution in [1.29, 1.82) is 0 Å². The number of ketones is 1. The van der Waals surface area contributed by atoms with Crippen molar-refractivity contribution >= 4 is 38.9 Å². The third kappa shape index (κ3) is 2.67. The molecular formula is C15H10ClNOS. The third-order valence-corrected chi connectivity index (χ3v) is 4.10. The summed E-state index contributed by atoms with van der Waals surface area (Å²) in [5.74, 6) is 0.0310. The smallest absolute Gasteiger partial charge is 0.195 e. The van der Waals surface area contributed by atoms with E-state index in [1.165, 1.54) is 11.3 Å². The van der Waals surface area contributed by atoms with Crippen molar-refractivity contribution in [1.82, 2.24) is 4.98 Å². The number of rotatable bonds is 3. The van der Waals surface area contributed by atoms with Gasteiger partial charge in [-0.05, 0) is 29.8 Å². The fourth-order valence-electron chi connectivity index (χ4n) is 1.90. The number of para-hydroxylation sites is 1. The van der Waals surface area contributed by atoms with E-state index in [0.29, 0.717) is 16.5 Å². The Labute approximate surface area is 119 Å². The molecule has 1 heterocycles. The summed E-state index contributed by atoms with van der Waals surface area (Å²) in [6.45, 7) is 0. The van der Waals surface area contributed by atoms with Gasteiger partial charge in [0.1, 0.15) is 0 Å². The SMILES string of the molecule is O=C(Cc1cccc(Cl)c1)c1nc2ccccc2s1. The van der Waals surface area contributed by atoms with E-state index in [-0.39, 0.29) is 5.78 Å². The number of thiazole rings is 1. The molecule has 2 aromatic carbocycles. The molecular weight excluding hydrogens is 278 g/mol. The van der Waals surface area contributed by atoms with E-state index in [1.807, 2.05) is 42.5 Å². The molecule has 0 atom stereocenters. The van der Waals surface area contributed by atoms with Gasteiger partial charge in [0.25, 0.3) is 0 Å². The van der Waals surface area contributed by atoms with Crippen LogP contribution < -0.4 is 0 Å². The van der Waals surface area contributed by atoms with Gasteiger partial charge in [0.2, 0.25) is 0 Å². The second kappa shape index (κ2) is 5.11. The molecule has 0 aliphatic carbocycles. The minimum Gasteiger partial charge on any atom is -0.291 e. The number of fused-ring (bicyclic) bond motifs is 1. The highest BCUT2D eigenvalue weighted by Crippen LogP contribution is 2.23. The van der Waals surface area contributed by atoms with Gasteiger partial charge < -0.3 is 0 Å². The lowest BCUT2D eigenvalue weighted by molar-refractivity contribution is 0.0993. The van der Waals surface area contributed by atoms with E-state index in [4.69, 9.17) is 11.6 Å². The van der Waals surface area contributed by atoms with Crippen LogP contribution in [0.25, 0.3) is 10.2 Å². The summed E-state index contributed by atoms with van der Waals surface area (Å²) in [6.07, 6.45) is 0.334. The van der Waals surface area contributed by atoms with E-state index in [1.54, 1.807) is 6.07 Å². The lowest BCUT2D eigenvalue weighted by Gasteiger charge is -1.98. The van der Waals surface area contributed by atoms with Crippen molar-refractivity contribution in [2.45, 2.75) is 6.42 Å². The molecule has 0 bridgehead atoms. The van der Waals surface area contributed by atoms with Gasteiger partial charge in [0, 0.05) is 11.4 Å². The summed E-state index contributed by atoms with van der Waals surface area (Å²) in [5.41, 5.74) is 1.79. The molecule has 0 unspecified atom stereocenters. The largest absolute Gasteiger partial charge is 0.291 e. The Balaban J connectivity index is 1.87. The first kappa shape index (κ1) is 12.3. The third-order valence-electron chi connectivity index (χ3n) is 2.79. The van der Waals surface area contributed by atoms with Crippen LogP contribution in [0.1, 0.15) is 15.4 Å². The Kier molecular flexibility index (Phi) is 3.32. The molecule has 2 nitrogen and oxygen atoms in total. The van der Waals surface area contributed by atoms with Gasteiger partial charge in [0.05, 0.1) is 10.2 Å². The molecule has 0 radical (unpaired) electrons. The maximum absolute atomic E-state index is 12.2. The molecule has 0 saturated carbocycles. The van der Waals surface area contributed by atoms with Gasteiger partial charge in [-0.3, -0.25) is 4.79 Å². The molecule has 0 saturated heterocycles. The standard InChI is InChI=1S/C15H10ClNOS/c16-11-5-3-4-10(8-11)9-13(18)15-17-12-6-1-2-7-14(12)19-15/h1-8H,9H2. The quantitative estimate of drug-likeness (QED) is 0.669. The van der Waals surface area contributed by atoms with Gasteiger partial charge in [-0.15, -0.1) is 11.3 Å². The van der Waals surface area contributed by atoms with E-state index in [0.717, 1.165) is 15.8 Å². The normalized spacial score (nSPS) is 10.8. The van der Waals surface area contributed by atoms with Crippen LogP contribution in [0.3, 0.4) is 0 Å². The highest BCUT2D eigenvalue weighted by atomic mass is 35.5. The number of carbonyl (C=O) groups excluding carboxylic acids is 1. The van der Waals surface area contributed by atoms with Crippen LogP contribution in [0, 0.1) is 0 Å². The average molecular weight is 288 g/mol. The predicted molar refractivity (Wildman–Crippen MR) is 79.1 cm³/mol. The Hall–Kier alpha value is -1.71. The first-order valence-corrected chi connectivity index (χ1v) is 7.05. The number of hydrogen-bond acceptors (Lipinski definition) is 3. The molecule has 0 spiro atoms. The molecule has 4 heteroatoms. The van der Waals surface area contributed by atoms with Crippen LogP contribution >= 0.6 is 22.9 Å². The number of nitrogens with zero attached hydrogens (tertiary/aromatic N) is 1. The number of aromatic nitrogens is 1. The van der Waals surface area contributed by atoms with Crippen LogP contribution in [0.2, 0.25) is 5.02 Å². The Morgan fingerprint density at radius 1 is 1.16 bits per heavy atom. The van der Waals surface area contributed by atoms with Gasteiger partial charge in [-0.25, -0.2) is 4.98 Å². The molecule has 1 aromatic heterocycles. The number of benzene rings is 2. The Bertz CT molecular complexity index is 717. The van der Waals surface area contributed by atoms with Crippen molar-refractivity contribution in [3.05, 3.63) is 64.1 Å². The summed E-state index contributed by atoms with van der Waals surface area (Å²) < 4.78 is 1.04. The van der Waals surface area contributed by atoms with Crippen LogP contribution in [0.4, 0.5) is 0 Å². The number of Topliss-reactive ketones (excluding diaryl/α,β-unsaturated/α-hetero) is 1. The molecule has 3 aromatic rings. The zero-order chi connectivity index (χ0) is 13.2. The van der Waals surface area contributed by atoms with E-state index < -0.39 is 0 Å². The van der Waals surface area contributed by atoms with Gasteiger partial charge in [-0.2, -0.15) is 0 Å². The Morgan fingerprint density at radius 2 is 2.00 bits per heavy atom. The van der Waals surface area contributed by atoms with E-state index in [9.17, 15) is 4.79 Å². The number of hydrogen-bond donors (Lipinski definition) is 0. The predicted octanol–water partition coefficient (Wildman–Crippen LogP) is 4.38. The first-order valence-electron chi connectivity index (χ1n) is 5.85. The van der Waals surface area contributed by atoms with E-state index in [2.05, 4.69) is 4.98 Å². The number of halogens is 1. The van der Waals surface area contributed by atoms with Crippen LogP contribution in [-0.2, 0) is 6.42 Å². The zero-order valence-electron chi connectivity index (χ0n) is 9.97. The topological polar surface area (TPSA) is 30.0 Å². The highest BCUT2D eigenvalue weighted by molar-refractivity contribution is 7.20. The summed E-state index contributed by atoms with van der Waals surface area (Å²) >= 11 is 7.35. The molecule has 0 aliphatic heterocycles. The second-order valence-corrected chi connectivity index (χ2v) is 5.68. The molecule has 0 aliphatic rings. The zero-order valence-corrected chi connectivity index (χ0v) is 11.5. The molecule has 0 amide bonds. The van der Waals surface area contributed by atoms with Crippen molar-refractivity contribution in [3.8, 4) is 0 Å². The summed E-state index contributed by atoms with van der Waals surface area (Å²) in [4.78, 5) is 16.6.